The molecular formula is C8H14NO2+. The second-order valence-electron chi connectivity index (χ2n) is 2.82. The summed E-state index contributed by atoms with van der Waals surface area (Å²) in [6.07, 6.45) is 4.70. The van der Waals surface area contributed by atoms with Gasteiger partial charge >= 0.3 is 5.97 Å². The predicted octanol–water partition coefficient (Wildman–Crippen LogP) is 0.727. The maximum atomic E-state index is 10.6. The second-order valence-corrected chi connectivity index (χ2v) is 2.82. The van der Waals surface area contributed by atoms with E-state index in [0.29, 0.717) is 0 Å². The zero-order valence-corrected chi connectivity index (χ0v) is 6.79. The molecular weight excluding hydrogens is 142 g/mol. The Bertz CT molecular complexity index is 187. The number of nitrogens with zero attached hydrogens (tertiary/aromatic N) is 1. The molecule has 3 nitrogen and oxygen atoms in total. The number of hydrogen-bond donors (Lipinski definition) is 1. The van der Waals surface area contributed by atoms with Crippen molar-refractivity contribution in [2.45, 2.75) is 32.2 Å². The van der Waals surface area contributed by atoms with E-state index in [0.717, 1.165) is 25.8 Å². The molecule has 11 heavy (non-hydrogen) atoms. The fourth-order valence-corrected chi connectivity index (χ4v) is 1.51. The van der Waals surface area contributed by atoms with Crippen LogP contribution in [0.2, 0.25) is 0 Å². The van der Waals surface area contributed by atoms with E-state index < -0.39 is 5.97 Å². The third-order valence-electron chi connectivity index (χ3n) is 2.00. The van der Waals surface area contributed by atoms with E-state index >= 15 is 0 Å². The van der Waals surface area contributed by atoms with Crippen molar-refractivity contribution in [2.24, 2.45) is 0 Å². The van der Waals surface area contributed by atoms with Crippen LogP contribution in [0.1, 0.15) is 26.2 Å². The van der Waals surface area contributed by atoms with Crippen LogP contribution in [-0.2, 0) is 4.79 Å². The molecule has 1 saturated heterocycles. The van der Waals surface area contributed by atoms with Gasteiger partial charge in [0.15, 0.2) is 0 Å². The number of carbonyl (C=O) groups is 1. The molecule has 0 aromatic rings. The van der Waals surface area contributed by atoms with Gasteiger partial charge in [0.1, 0.15) is 12.8 Å². The number of aliphatic carboxylic acids is 1. The van der Waals surface area contributed by atoms with Gasteiger partial charge in [-0.3, -0.25) is 0 Å². The van der Waals surface area contributed by atoms with Crippen LogP contribution < -0.4 is 0 Å². The van der Waals surface area contributed by atoms with E-state index in [1.165, 1.54) is 0 Å². The molecule has 0 saturated carbocycles. The molecule has 1 aliphatic heterocycles. The van der Waals surface area contributed by atoms with E-state index in [2.05, 4.69) is 0 Å². The predicted molar refractivity (Wildman–Crippen MR) is 42.1 cm³/mol. The first-order valence-corrected chi connectivity index (χ1v) is 4.07. The summed E-state index contributed by atoms with van der Waals surface area (Å²) in [7, 11) is 0. The van der Waals surface area contributed by atoms with Crippen molar-refractivity contribution >= 4 is 12.2 Å². The number of rotatable bonds is 2. The normalized spacial score (nSPS) is 27.7. The molecule has 1 atom stereocenters. The van der Waals surface area contributed by atoms with Crippen molar-refractivity contribution in [3.05, 3.63) is 0 Å². The topological polar surface area (TPSA) is 40.3 Å². The van der Waals surface area contributed by atoms with Crippen LogP contribution in [0.25, 0.3) is 0 Å². The number of carboxylic acid groups (broad SMARTS) is 1. The molecule has 62 valence electrons. The quantitative estimate of drug-likeness (QED) is 0.599. The lowest BCUT2D eigenvalue weighted by Crippen LogP contribution is -2.28. The van der Waals surface area contributed by atoms with Crippen LogP contribution in [0.3, 0.4) is 0 Å². The minimum absolute atomic E-state index is 0.255. The second kappa shape index (κ2) is 3.51. The Kier molecular flexibility index (Phi) is 2.63. The molecule has 1 heterocycles. The molecule has 1 aliphatic rings. The first-order valence-electron chi connectivity index (χ1n) is 4.07. The fourth-order valence-electron chi connectivity index (χ4n) is 1.51. The summed E-state index contributed by atoms with van der Waals surface area (Å²) >= 11 is 0. The summed E-state index contributed by atoms with van der Waals surface area (Å²) in [5.74, 6) is -0.688. The van der Waals surface area contributed by atoms with Crippen molar-refractivity contribution in [3.63, 3.8) is 0 Å². The Morgan fingerprint density at radius 2 is 2.55 bits per heavy atom. The first-order chi connectivity index (χ1) is 5.25. The highest BCUT2D eigenvalue weighted by molar-refractivity contribution is 5.73. The molecule has 3 heteroatoms. The van der Waals surface area contributed by atoms with E-state index in [-0.39, 0.29) is 6.04 Å². The van der Waals surface area contributed by atoms with Crippen molar-refractivity contribution in [1.82, 2.24) is 0 Å². The average molecular weight is 156 g/mol. The van der Waals surface area contributed by atoms with Gasteiger partial charge in [-0.15, -0.1) is 0 Å². The van der Waals surface area contributed by atoms with Gasteiger partial charge in [0, 0.05) is 19.3 Å². The van der Waals surface area contributed by atoms with E-state index in [4.69, 9.17) is 5.11 Å². The van der Waals surface area contributed by atoms with Crippen LogP contribution >= 0.6 is 0 Å². The van der Waals surface area contributed by atoms with Crippen molar-refractivity contribution in [3.8, 4) is 0 Å². The smallest absolute Gasteiger partial charge is 0.372 e. The van der Waals surface area contributed by atoms with Crippen LogP contribution in [0.15, 0.2) is 0 Å². The molecule has 0 bridgehead atoms. The number of hydrogen-bond acceptors (Lipinski definition) is 1. The molecule has 0 amide bonds. The Morgan fingerprint density at radius 3 is 3.09 bits per heavy atom. The van der Waals surface area contributed by atoms with Crippen LogP contribution in [0, 0.1) is 0 Å². The highest BCUT2D eigenvalue weighted by Gasteiger charge is 2.33. The summed E-state index contributed by atoms with van der Waals surface area (Å²) < 4.78 is 1.93. The molecule has 0 spiro atoms. The Labute approximate surface area is 66.3 Å². The molecule has 0 unspecified atom stereocenters. The van der Waals surface area contributed by atoms with Gasteiger partial charge in [0.2, 0.25) is 6.04 Å². The van der Waals surface area contributed by atoms with Crippen molar-refractivity contribution < 1.29 is 14.5 Å². The van der Waals surface area contributed by atoms with E-state index in [1.54, 1.807) is 0 Å². The summed E-state index contributed by atoms with van der Waals surface area (Å²) in [5.41, 5.74) is 0. The molecule has 0 aliphatic carbocycles. The zero-order chi connectivity index (χ0) is 8.27. The lowest BCUT2D eigenvalue weighted by atomic mass is 10.2. The van der Waals surface area contributed by atoms with Crippen molar-refractivity contribution in [1.29, 1.82) is 0 Å². The molecule has 1 fully saturated rings. The Morgan fingerprint density at radius 1 is 1.82 bits per heavy atom. The maximum Gasteiger partial charge on any atom is 0.372 e. The average Bonchev–Trinajstić information content (AvgIpc) is 2.36. The van der Waals surface area contributed by atoms with Gasteiger partial charge in [-0.1, -0.05) is 6.92 Å². The maximum absolute atomic E-state index is 10.6. The Hall–Kier alpha value is -0.860. The lowest BCUT2D eigenvalue weighted by Gasteiger charge is -1.99. The first kappa shape index (κ1) is 8.24. The van der Waals surface area contributed by atoms with Gasteiger partial charge in [-0.05, 0) is 0 Å². The summed E-state index contributed by atoms with van der Waals surface area (Å²) in [4.78, 5) is 10.6. The van der Waals surface area contributed by atoms with Crippen LogP contribution in [0.5, 0.6) is 0 Å². The molecule has 1 rings (SSSR count). The standard InChI is InChI=1S/C8H13NO2/c1-2-5-9-6-3-4-7(9)8(10)11/h5,7H,2-4,6H2,1H3/p+1/t7-/m0/s1. The minimum atomic E-state index is -0.688. The van der Waals surface area contributed by atoms with Crippen molar-refractivity contribution in [2.75, 3.05) is 6.54 Å². The third kappa shape index (κ3) is 1.79. The SMILES string of the molecule is CCC=[N+]1CCC[C@H]1C(=O)O. The lowest BCUT2D eigenvalue weighted by molar-refractivity contribution is -0.529. The zero-order valence-electron chi connectivity index (χ0n) is 6.79. The largest absolute Gasteiger partial charge is 0.476 e. The summed E-state index contributed by atoms with van der Waals surface area (Å²) in [6.45, 7) is 2.93. The van der Waals surface area contributed by atoms with Gasteiger partial charge in [-0.25, -0.2) is 9.37 Å². The van der Waals surface area contributed by atoms with Gasteiger partial charge < -0.3 is 5.11 Å². The highest BCUT2D eigenvalue weighted by atomic mass is 16.4. The molecule has 0 radical (unpaired) electrons. The van der Waals surface area contributed by atoms with Gasteiger partial charge in [0.05, 0.1) is 0 Å². The fraction of sp³-hybridized carbons (Fsp3) is 0.750. The Balaban J connectivity index is 2.65. The third-order valence-corrected chi connectivity index (χ3v) is 2.00. The minimum Gasteiger partial charge on any atom is -0.476 e. The van der Waals surface area contributed by atoms with Crippen LogP contribution in [0.4, 0.5) is 0 Å². The van der Waals surface area contributed by atoms with E-state index in [9.17, 15) is 4.79 Å². The molecule has 0 aromatic heterocycles. The highest BCUT2D eigenvalue weighted by Crippen LogP contribution is 2.11. The van der Waals surface area contributed by atoms with Crippen LogP contribution in [-0.4, -0.2) is 34.5 Å². The molecule has 1 N–H and O–H groups in total. The van der Waals surface area contributed by atoms with Gasteiger partial charge in [-0.2, -0.15) is 0 Å². The number of carboxylic acids is 1. The van der Waals surface area contributed by atoms with Gasteiger partial charge in [0.25, 0.3) is 0 Å². The summed E-state index contributed by atoms with van der Waals surface area (Å²) in [6, 6.07) is -0.255. The monoisotopic (exact) mass is 156 g/mol. The summed E-state index contributed by atoms with van der Waals surface area (Å²) in [5, 5.41) is 8.75. The molecule has 0 aromatic carbocycles. The van der Waals surface area contributed by atoms with E-state index in [1.807, 2.05) is 17.7 Å².